The fourth-order valence-electron chi connectivity index (χ4n) is 1.46. The van der Waals surface area contributed by atoms with Crippen LogP contribution in [0.4, 0.5) is 5.69 Å². The number of hydrogen-bond acceptors (Lipinski definition) is 2. The SMILES string of the molecule is CNCCc1c(Cl)cccc1N(C)C. The summed E-state index contributed by atoms with van der Waals surface area (Å²) in [6, 6.07) is 6.02. The normalized spacial score (nSPS) is 10.3. The highest BCUT2D eigenvalue weighted by Gasteiger charge is 2.07. The molecule has 0 aromatic heterocycles. The predicted octanol–water partition coefficient (Wildman–Crippen LogP) is 2.17. The van der Waals surface area contributed by atoms with Gasteiger partial charge >= 0.3 is 0 Å². The van der Waals surface area contributed by atoms with E-state index in [0.29, 0.717) is 0 Å². The van der Waals surface area contributed by atoms with E-state index in [4.69, 9.17) is 11.6 Å². The Labute approximate surface area is 90.9 Å². The zero-order valence-electron chi connectivity index (χ0n) is 8.97. The Morgan fingerprint density at radius 3 is 2.64 bits per heavy atom. The number of benzene rings is 1. The van der Waals surface area contributed by atoms with E-state index in [1.807, 2.05) is 33.3 Å². The van der Waals surface area contributed by atoms with Gasteiger partial charge in [0.05, 0.1) is 0 Å². The molecule has 1 N–H and O–H groups in total. The summed E-state index contributed by atoms with van der Waals surface area (Å²) < 4.78 is 0. The van der Waals surface area contributed by atoms with Crippen molar-refractivity contribution in [2.75, 3.05) is 32.6 Å². The van der Waals surface area contributed by atoms with E-state index in [9.17, 15) is 0 Å². The second kappa shape index (κ2) is 5.23. The molecule has 0 fully saturated rings. The van der Waals surface area contributed by atoms with Crippen molar-refractivity contribution in [1.82, 2.24) is 5.32 Å². The van der Waals surface area contributed by atoms with Crippen LogP contribution >= 0.6 is 11.6 Å². The van der Waals surface area contributed by atoms with Gasteiger partial charge in [-0.1, -0.05) is 17.7 Å². The monoisotopic (exact) mass is 212 g/mol. The Morgan fingerprint density at radius 1 is 1.36 bits per heavy atom. The van der Waals surface area contributed by atoms with E-state index in [-0.39, 0.29) is 0 Å². The molecule has 14 heavy (non-hydrogen) atoms. The van der Waals surface area contributed by atoms with Crippen LogP contribution in [0.3, 0.4) is 0 Å². The van der Waals surface area contributed by atoms with Crippen LogP contribution < -0.4 is 10.2 Å². The van der Waals surface area contributed by atoms with E-state index in [1.54, 1.807) is 0 Å². The van der Waals surface area contributed by atoms with Crippen molar-refractivity contribution in [2.45, 2.75) is 6.42 Å². The van der Waals surface area contributed by atoms with E-state index in [2.05, 4.69) is 16.3 Å². The molecule has 0 heterocycles. The van der Waals surface area contributed by atoms with Gasteiger partial charge < -0.3 is 10.2 Å². The Bertz CT molecular complexity index is 297. The van der Waals surface area contributed by atoms with Crippen LogP contribution in [-0.4, -0.2) is 27.7 Å². The van der Waals surface area contributed by atoms with Gasteiger partial charge in [0.25, 0.3) is 0 Å². The Balaban J connectivity index is 2.96. The van der Waals surface area contributed by atoms with Gasteiger partial charge in [-0.3, -0.25) is 0 Å². The molecule has 1 aromatic carbocycles. The van der Waals surface area contributed by atoms with E-state index in [0.717, 1.165) is 18.0 Å². The summed E-state index contributed by atoms with van der Waals surface area (Å²) in [4.78, 5) is 2.09. The minimum absolute atomic E-state index is 0.853. The first-order valence-electron chi connectivity index (χ1n) is 4.76. The van der Waals surface area contributed by atoms with E-state index in [1.165, 1.54) is 11.3 Å². The fourth-order valence-corrected chi connectivity index (χ4v) is 1.73. The van der Waals surface area contributed by atoms with Crippen LogP contribution in [0.15, 0.2) is 18.2 Å². The van der Waals surface area contributed by atoms with Gasteiger partial charge in [-0.2, -0.15) is 0 Å². The topological polar surface area (TPSA) is 15.3 Å². The van der Waals surface area contributed by atoms with Gasteiger partial charge in [0.2, 0.25) is 0 Å². The lowest BCUT2D eigenvalue weighted by atomic mass is 10.1. The molecule has 3 heteroatoms. The summed E-state index contributed by atoms with van der Waals surface area (Å²) in [7, 11) is 6.02. The van der Waals surface area contributed by atoms with Gasteiger partial charge in [-0.15, -0.1) is 0 Å². The van der Waals surface area contributed by atoms with Crippen molar-refractivity contribution in [3.05, 3.63) is 28.8 Å². The molecule has 0 spiro atoms. The maximum atomic E-state index is 6.15. The van der Waals surface area contributed by atoms with Crippen molar-refractivity contribution in [3.8, 4) is 0 Å². The van der Waals surface area contributed by atoms with Gasteiger partial charge in [0.1, 0.15) is 0 Å². The van der Waals surface area contributed by atoms with Gasteiger partial charge in [0, 0.05) is 24.8 Å². The third kappa shape index (κ3) is 2.63. The number of halogens is 1. The average molecular weight is 213 g/mol. The van der Waals surface area contributed by atoms with Crippen molar-refractivity contribution < 1.29 is 0 Å². The first-order valence-corrected chi connectivity index (χ1v) is 5.14. The Morgan fingerprint density at radius 2 is 2.07 bits per heavy atom. The van der Waals surface area contributed by atoms with Gasteiger partial charge in [-0.05, 0) is 37.7 Å². The molecular formula is C11H17ClN2. The van der Waals surface area contributed by atoms with Gasteiger partial charge in [-0.25, -0.2) is 0 Å². The molecule has 0 amide bonds. The number of nitrogens with zero attached hydrogens (tertiary/aromatic N) is 1. The van der Waals surface area contributed by atoms with Crippen LogP contribution in [0, 0.1) is 0 Å². The zero-order chi connectivity index (χ0) is 10.6. The minimum atomic E-state index is 0.853. The molecule has 78 valence electrons. The number of nitrogens with one attached hydrogen (secondary N) is 1. The fraction of sp³-hybridized carbons (Fsp3) is 0.455. The van der Waals surface area contributed by atoms with Crippen LogP contribution in [0.25, 0.3) is 0 Å². The number of anilines is 1. The molecule has 1 aromatic rings. The first-order chi connectivity index (χ1) is 6.66. The van der Waals surface area contributed by atoms with Crippen LogP contribution in [0.2, 0.25) is 5.02 Å². The molecule has 0 aliphatic carbocycles. The third-order valence-corrected chi connectivity index (χ3v) is 2.56. The quantitative estimate of drug-likeness (QED) is 0.823. The van der Waals surface area contributed by atoms with Gasteiger partial charge in [0.15, 0.2) is 0 Å². The van der Waals surface area contributed by atoms with Crippen molar-refractivity contribution in [2.24, 2.45) is 0 Å². The molecule has 0 bridgehead atoms. The smallest absolute Gasteiger partial charge is 0.0459 e. The molecule has 0 unspecified atom stereocenters. The van der Waals surface area contributed by atoms with Crippen LogP contribution in [0.5, 0.6) is 0 Å². The lowest BCUT2D eigenvalue weighted by Gasteiger charge is -2.18. The molecule has 0 atom stereocenters. The van der Waals surface area contributed by atoms with Crippen molar-refractivity contribution in [1.29, 1.82) is 0 Å². The summed E-state index contributed by atoms with van der Waals surface area (Å²) in [5, 5.41) is 3.99. The molecule has 0 aliphatic rings. The summed E-state index contributed by atoms with van der Waals surface area (Å²) >= 11 is 6.15. The number of rotatable bonds is 4. The van der Waals surface area contributed by atoms with E-state index >= 15 is 0 Å². The minimum Gasteiger partial charge on any atom is -0.377 e. The lowest BCUT2D eigenvalue weighted by molar-refractivity contribution is 0.790. The molecule has 0 saturated heterocycles. The molecule has 0 radical (unpaired) electrons. The van der Waals surface area contributed by atoms with Crippen LogP contribution in [0.1, 0.15) is 5.56 Å². The molecule has 0 saturated carbocycles. The van der Waals surface area contributed by atoms with Crippen molar-refractivity contribution >= 4 is 17.3 Å². The second-order valence-corrected chi connectivity index (χ2v) is 3.89. The third-order valence-electron chi connectivity index (χ3n) is 2.20. The Kier molecular flexibility index (Phi) is 4.23. The second-order valence-electron chi connectivity index (χ2n) is 3.49. The lowest BCUT2D eigenvalue weighted by Crippen LogP contribution is -2.15. The zero-order valence-corrected chi connectivity index (χ0v) is 9.73. The summed E-state index contributed by atoms with van der Waals surface area (Å²) in [6.07, 6.45) is 0.962. The summed E-state index contributed by atoms with van der Waals surface area (Å²) in [5.74, 6) is 0. The maximum Gasteiger partial charge on any atom is 0.0459 e. The van der Waals surface area contributed by atoms with Crippen molar-refractivity contribution in [3.63, 3.8) is 0 Å². The van der Waals surface area contributed by atoms with E-state index < -0.39 is 0 Å². The molecule has 0 aliphatic heterocycles. The average Bonchev–Trinajstić information content (AvgIpc) is 2.15. The predicted molar refractivity (Wildman–Crippen MR) is 63.4 cm³/mol. The largest absolute Gasteiger partial charge is 0.377 e. The maximum absolute atomic E-state index is 6.15. The highest BCUT2D eigenvalue weighted by molar-refractivity contribution is 6.31. The standard InChI is InChI=1S/C11H17ClN2/c1-13-8-7-9-10(12)5-4-6-11(9)14(2)3/h4-6,13H,7-8H2,1-3H3. The Hall–Kier alpha value is -0.730. The summed E-state index contributed by atoms with van der Waals surface area (Å²) in [6.45, 7) is 0.949. The highest BCUT2D eigenvalue weighted by atomic mass is 35.5. The number of hydrogen-bond donors (Lipinski definition) is 1. The first kappa shape index (κ1) is 11.3. The summed E-state index contributed by atoms with van der Waals surface area (Å²) in [5.41, 5.74) is 2.42. The molecular weight excluding hydrogens is 196 g/mol. The highest BCUT2D eigenvalue weighted by Crippen LogP contribution is 2.26. The van der Waals surface area contributed by atoms with Crippen LogP contribution in [-0.2, 0) is 6.42 Å². The number of likely N-dealkylation sites (N-methyl/N-ethyl adjacent to an activating group) is 1. The molecule has 1 rings (SSSR count). The molecule has 2 nitrogen and oxygen atoms in total.